The number of ether oxygens (including phenoxy) is 1. The summed E-state index contributed by atoms with van der Waals surface area (Å²) in [6.45, 7) is 14.5. The fourth-order valence-electron chi connectivity index (χ4n) is 2.73. The maximum absolute atomic E-state index is 5.53. The van der Waals surface area contributed by atoms with Crippen LogP contribution in [0.15, 0.2) is 18.2 Å². The van der Waals surface area contributed by atoms with Crippen LogP contribution in [0.2, 0.25) is 0 Å². The van der Waals surface area contributed by atoms with Crippen molar-refractivity contribution in [2.75, 3.05) is 13.7 Å². The number of aryl methyl sites for hydroxylation is 1. The Labute approximate surface area is 131 Å². The molecule has 0 spiro atoms. The molecule has 0 aliphatic rings. The zero-order valence-electron chi connectivity index (χ0n) is 14.9. The van der Waals surface area contributed by atoms with Crippen molar-refractivity contribution in [2.24, 2.45) is 11.8 Å². The smallest absolute Gasteiger partial charge is 0.122 e. The lowest BCUT2D eigenvalue weighted by Crippen LogP contribution is -2.39. The molecule has 1 N–H and O–H groups in total. The first-order valence-corrected chi connectivity index (χ1v) is 8.10. The van der Waals surface area contributed by atoms with Gasteiger partial charge >= 0.3 is 0 Å². The molecule has 0 amide bonds. The number of nitrogens with one attached hydrogen (secondary N) is 1. The summed E-state index contributed by atoms with van der Waals surface area (Å²) >= 11 is 0. The van der Waals surface area contributed by atoms with Gasteiger partial charge in [0.2, 0.25) is 0 Å². The van der Waals surface area contributed by atoms with E-state index in [1.807, 2.05) is 0 Å². The fraction of sp³-hybridized carbons (Fsp3) is 0.684. The number of rotatable bonds is 7. The molecule has 0 saturated heterocycles. The Bertz CT molecular complexity index is 432. The minimum absolute atomic E-state index is 0.173. The molecular weight excluding hydrogens is 258 g/mol. The Morgan fingerprint density at radius 3 is 2.38 bits per heavy atom. The molecular formula is C19H33NO. The number of hydrogen-bond acceptors (Lipinski definition) is 2. The van der Waals surface area contributed by atoms with Crippen LogP contribution in [0, 0.1) is 18.8 Å². The monoisotopic (exact) mass is 291 g/mol. The van der Waals surface area contributed by atoms with Crippen LogP contribution in [0.3, 0.4) is 0 Å². The Morgan fingerprint density at radius 2 is 1.86 bits per heavy atom. The highest BCUT2D eigenvalue weighted by Crippen LogP contribution is 2.25. The van der Waals surface area contributed by atoms with Crippen molar-refractivity contribution in [1.82, 2.24) is 5.32 Å². The van der Waals surface area contributed by atoms with Crippen LogP contribution in [0.5, 0.6) is 5.75 Å². The van der Waals surface area contributed by atoms with Crippen molar-refractivity contribution < 1.29 is 4.74 Å². The molecule has 1 rings (SSSR count). The SMILES string of the molecule is COc1ccc(C)cc1CC(CNC(C)(C)C)CC(C)C. The maximum atomic E-state index is 5.53. The van der Waals surface area contributed by atoms with E-state index in [0.29, 0.717) is 11.8 Å². The minimum Gasteiger partial charge on any atom is -0.496 e. The van der Waals surface area contributed by atoms with Gasteiger partial charge in [-0.2, -0.15) is 0 Å². The zero-order valence-corrected chi connectivity index (χ0v) is 14.9. The van der Waals surface area contributed by atoms with Crippen LogP contribution in [0.25, 0.3) is 0 Å². The van der Waals surface area contributed by atoms with Gasteiger partial charge in [0, 0.05) is 5.54 Å². The quantitative estimate of drug-likeness (QED) is 0.793. The summed E-state index contributed by atoms with van der Waals surface area (Å²) in [4.78, 5) is 0. The highest BCUT2D eigenvalue weighted by atomic mass is 16.5. The average Bonchev–Trinajstić information content (AvgIpc) is 2.35. The van der Waals surface area contributed by atoms with Crippen LogP contribution in [-0.2, 0) is 6.42 Å². The standard InChI is InChI=1S/C19H33NO/c1-14(2)10-16(13-20-19(4,5)6)12-17-11-15(3)8-9-18(17)21-7/h8-9,11,14,16,20H,10,12-13H2,1-7H3. The molecule has 0 fully saturated rings. The summed E-state index contributed by atoms with van der Waals surface area (Å²) in [6, 6.07) is 6.48. The predicted molar refractivity (Wildman–Crippen MR) is 92.1 cm³/mol. The van der Waals surface area contributed by atoms with Crippen molar-refractivity contribution in [2.45, 2.75) is 59.9 Å². The first kappa shape index (κ1) is 18.0. The Hall–Kier alpha value is -1.02. The molecule has 120 valence electrons. The topological polar surface area (TPSA) is 21.3 Å². The van der Waals surface area contributed by atoms with Gasteiger partial charge in [0.15, 0.2) is 0 Å². The molecule has 1 aromatic carbocycles. The van der Waals surface area contributed by atoms with E-state index in [4.69, 9.17) is 4.74 Å². The van der Waals surface area contributed by atoms with Crippen LogP contribution in [0.4, 0.5) is 0 Å². The lowest BCUT2D eigenvalue weighted by molar-refractivity contribution is 0.327. The zero-order chi connectivity index (χ0) is 16.0. The van der Waals surface area contributed by atoms with Gasteiger partial charge in [-0.05, 0) is 70.5 Å². The largest absolute Gasteiger partial charge is 0.496 e. The van der Waals surface area contributed by atoms with Gasteiger partial charge in [0.1, 0.15) is 5.75 Å². The third-order valence-electron chi connectivity index (χ3n) is 3.67. The normalized spacial score (nSPS) is 13.5. The van der Waals surface area contributed by atoms with Gasteiger partial charge < -0.3 is 10.1 Å². The number of benzene rings is 1. The van der Waals surface area contributed by atoms with E-state index in [2.05, 4.69) is 65.1 Å². The first-order chi connectivity index (χ1) is 9.71. The molecule has 1 atom stereocenters. The molecule has 21 heavy (non-hydrogen) atoms. The first-order valence-electron chi connectivity index (χ1n) is 8.10. The van der Waals surface area contributed by atoms with E-state index in [1.54, 1.807) is 7.11 Å². The third-order valence-corrected chi connectivity index (χ3v) is 3.67. The molecule has 0 saturated carbocycles. The van der Waals surface area contributed by atoms with E-state index in [1.165, 1.54) is 17.5 Å². The van der Waals surface area contributed by atoms with Crippen molar-refractivity contribution >= 4 is 0 Å². The summed E-state index contributed by atoms with van der Waals surface area (Å²) in [6.07, 6.45) is 2.31. The Morgan fingerprint density at radius 1 is 1.19 bits per heavy atom. The van der Waals surface area contributed by atoms with Crippen LogP contribution >= 0.6 is 0 Å². The Balaban J connectivity index is 2.82. The lowest BCUT2D eigenvalue weighted by Gasteiger charge is -2.27. The predicted octanol–water partition coefficient (Wildman–Crippen LogP) is 4.60. The van der Waals surface area contributed by atoms with E-state index in [9.17, 15) is 0 Å². The average molecular weight is 291 g/mol. The van der Waals surface area contributed by atoms with Gasteiger partial charge in [-0.25, -0.2) is 0 Å². The van der Waals surface area contributed by atoms with Gasteiger partial charge in [-0.1, -0.05) is 31.5 Å². The third kappa shape index (κ3) is 6.99. The summed E-state index contributed by atoms with van der Waals surface area (Å²) in [5.41, 5.74) is 2.81. The second-order valence-corrected chi connectivity index (χ2v) is 7.65. The van der Waals surface area contributed by atoms with Crippen LogP contribution in [0.1, 0.15) is 52.2 Å². The highest BCUT2D eigenvalue weighted by molar-refractivity contribution is 5.37. The van der Waals surface area contributed by atoms with Gasteiger partial charge in [0.25, 0.3) is 0 Å². The van der Waals surface area contributed by atoms with Crippen LogP contribution < -0.4 is 10.1 Å². The van der Waals surface area contributed by atoms with Crippen molar-refractivity contribution in [3.8, 4) is 5.75 Å². The molecule has 1 unspecified atom stereocenters. The van der Waals surface area contributed by atoms with Crippen molar-refractivity contribution in [1.29, 1.82) is 0 Å². The highest BCUT2D eigenvalue weighted by Gasteiger charge is 2.17. The molecule has 0 aliphatic heterocycles. The number of hydrogen-bond donors (Lipinski definition) is 1. The van der Waals surface area contributed by atoms with E-state index in [-0.39, 0.29) is 5.54 Å². The molecule has 0 heterocycles. The second kappa shape index (κ2) is 7.84. The molecule has 2 heteroatoms. The number of methoxy groups -OCH3 is 1. The molecule has 1 aromatic rings. The second-order valence-electron chi connectivity index (χ2n) is 7.65. The van der Waals surface area contributed by atoms with Gasteiger partial charge in [0.05, 0.1) is 7.11 Å². The minimum atomic E-state index is 0.173. The molecule has 0 aromatic heterocycles. The lowest BCUT2D eigenvalue weighted by atomic mass is 9.89. The van der Waals surface area contributed by atoms with E-state index < -0.39 is 0 Å². The Kier molecular flexibility index (Phi) is 6.73. The fourth-order valence-corrected chi connectivity index (χ4v) is 2.73. The van der Waals surface area contributed by atoms with E-state index in [0.717, 1.165) is 18.7 Å². The molecule has 0 bridgehead atoms. The van der Waals surface area contributed by atoms with Gasteiger partial charge in [-0.3, -0.25) is 0 Å². The molecule has 2 nitrogen and oxygen atoms in total. The van der Waals surface area contributed by atoms with Gasteiger partial charge in [-0.15, -0.1) is 0 Å². The van der Waals surface area contributed by atoms with Crippen LogP contribution in [-0.4, -0.2) is 19.2 Å². The maximum Gasteiger partial charge on any atom is 0.122 e. The molecule has 0 aliphatic carbocycles. The summed E-state index contributed by atoms with van der Waals surface area (Å²) in [7, 11) is 1.76. The molecule has 0 radical (unpaired) electrons. The summed E-state index contributed by atoms with van der Waals surface area (Å²) in [5.74, 6) is 2.37. The summed E-state index contributed by atoms with van der Waals surface area (Å²) in [5, 5.41) is 3.66. The van der Waals surface area contributed by atoms with Crippen molar-refractivity contribution in [3.63, 3.8) is 0 Å². The summed E-state index contributed by atoms with van der Waals surface area (Å²) < 4.78 is 5.53. The van der Waals surface area contributed by atoms with E-state index >= 15 is 0 Å². The van der Waals surface area contributed by atoms with Crippen molar-refractivity contribution in [3.05, 3.63) is 29.3 Å².